The number of carbonyl (C=O) groups is 1. The largest absolute Gasteiger partial charge is 0.330 e. The SMILES string of the molecule is NCCCCCC(=O)Nc1nc2c(s1)CCCC2. The molecule has 1 amide bonds. The number of rotatable bonds is 6. The van der Waals surface area contributed by atoms with E-state index >= 15 is 0 Å². The summed E-state index contributed by atoms with van der Waals surface area (Å²) in [5.74, 6) is 0.0816. The second-order valence-corrected chi connectivity index (χ2v) is 5.83. The van der Waals surface area contributed by atoms with Gasteiger partial charge in [0.1, 0.15) is 0 Å². The number of amides is 1. The van der Waals surface area contributed by atoms with E-state index in [9.17, 15) is 4.79 Å². The Kier molecular flexibility index (Phi) is 5.13. The zero-order valence-corrected chi connectivity index (χ0v) is 11.5. The molecule has 0 atom stereocenters. The molecule has 0 saturated carbocycles. The molecule has 0 spiro atoms. The van der Waals surface area contributed by atoms with E-state index in [1.54, 1.807) is 11.3 Å². The number of fused-ring (bicyclic) bond motifs is 1. The molecule has 0 aromatic carbocycles. The van der Waals surface area contributed by atoms with Gasteiger partial charge in [-0.1, -0.05) is 6.42 Å². The molecule has 100 valence electrons. The molecular formula is C13H21N3OS. The maximum absolute atomic E-state index is 11.7. The fraction of sp³-hybridized carbons (Fsp3) is 0.692. The van der Waals surface area contributed by atoms with Crippen molar-refractivity contribution in [2.45, 2.75) is 51.4 Å². The summed E-state index contributed by atoms with van der Waals surface area (Å²) < 4.78 is 0. The third-order valence-corrected chi connectivity index (χ3v) is 4.27. The van der Waals surface area contributed by atoms with Gasteiger partial charge in [0.15, 0.2) is 5.13 Å². The van der Waals surface area contributed by atoms with Gasteiger partial charge in [0.25, 0.3) is 0 Å². The van der Waals surface area contributed by atoms with Crippen LogP contribution in [0, 0.1) is 0 Å². The van der Waals surface area contributed by atoms with E-state index in [-0.39, 0.29) is 5.91 Å². The predicted molar refractivity (Wildman–Crippen MR) is 74.9 cm³/mol. The molecule has 5 heteroatoms. The number of aromatic nitrogens is 1. The minimum Gasteiger partial charge on any atom is -0.330 e. The van der Waals surface area contributed by atoms with E-state index in [4.69, 9.17) is 5.73 Å². The Bertz CT molecular complexity index is 379. The van der Waals surface area contributed by atoms with Crippen LogP contribution in [0.5, 0.6) is 0 Å². The highest BCUT2D eigenvalue weighted by Crippen LogP contribution is 2.29. The van der Waals surface area contributed by atoms with Crippen LogP contribution in [0.25, 0.3) is 0 Å². The number of nitrogens with two attached hydrogens (primary N) is 1. The molecule has 2 rings (SSSR count). The smallest absolute Gasteiger partial charge is 0.226 e. The molecule has 0 radical (unpaired) electrons. The van der Waals surface area contributed by atoms with E-state index in [0.29, 0.717) is 13.0 Å². The maximum atomic E-state index is 11.7. The van der Waals surface area contributed by atoms with Gasteiger partial charge in [-0.3, -0.25) is 4.79 Å². The Morgan fingerprint density at radius 1 is 1.28 bits per heavy atom. The third kappa shape index (κ3) is 3.78. The van der Waals surface area contributed by atoms with Crippen molar-refractivity contribution in [3.63, 3.8) is 0 Å². The summed E-state index contributed by atoms with van der Waals surface area (Å²) in [6.07, 6.45) is 8.18. The third-order valence-electron chi connectivity index (χ3n) is 3.20. The molecule has 1 aliphatic rings. The highest BCUT2D eigenvalue weighted by molar-refractivity contribution is 7.15. The zero-order chi connectivity index (χ0) is 12.8. The number of hydrogen-bond donors (Lipinski definition) is 2. The second kappa shape index (κ2) is 6.85. The number of unbranched alkanes of at least 4 members (excludes halogenated alkanes) is 2. The normalized spacial score (nSPS) is 14.3. The van der Waals surface area contributed by atoms with Crippen molar-refractivity contribution in [3.05, 3.63) is 10.6 Å². The van der Waals surface area contributed by atoms with E-state index in [2.05, 4.69) is 10.3 Å². The van der Waals surface area contributed by atoms with Crippen LogP contribution < -0.4 is 11.1 Å². The molecule has 0 saturated heterocycles. The van der Waals surface area contributed by atoms with E-state index in [1.807, 2.05) is 0 Å². The Morgan fingerprint density at radius 3 is 2.89 bits per heavy atom. The minimum atomic E-state index is 0.0816. The molecule has 4 nitrogen and oxygen atoms in total. The molecular weight excluding hydrogens is 246 g/mol. The molecule has 1 aromatic rings. The first-order chi connectivity index (χ1) is 8.79. The average Bonchev–Trinajstić information content (AvgIpc) is 2.76. The van der Waals surface area contributed by atoms with Crippen LogP contribution in [0.1, 0.15) is 49.1 Å². The summed E-state index contributed by atoms with van der Waals surface area (Å²) >= 11 is 1.64. The first kappa shape index (κ1) is 13.5. The quantitative estimate of drug-likeness (QED) is 0.778. The number of aryl methyl sites for hydroxylation is 2. The Morgan fingerprint density at radius 2 is 2.11 bits per heavy atom. The fourth-order valence-corrected chi connectivity index (χ4v) is 3.26. The van der Waals surface area contributed by atoms with Crippen molar-refractivity contribution in [2.75, 3.05) is 11.9 Å². The number of carbonyl (C=O) groups excluding carboxylic acids is 1. The lowest BCUT2D eigenvalue weighted by Crippen LogP contribution is -2.11. The van der Waals surface area contributed by atoms with Crippen LogP contribution in [-0.4, -0.2) is 17.4 Å². The summed E-state index contributed by atoms with van der Waals surface area (Å²) in [5, 5.41) is 3.70. The van der Waals surface area contributed by atoms with E-state index in [1.165, 1.54) is 23.4 Å². The van der Waals surface area contributed by atoms with Crippen molar-refractivity contribution >= 4 is 22.4 Å². The van der Waals surface area contributed by atoms with Crippen LogP contribution in [0.15, 0.2) is 0 Å². The van der Waals surface area contributed by atoms with Gasteiger partial charge in [-0.2, -0.15) is 0 Å². The van der Waals surface area contributed by atoms with Gasteiger partial charge in [0.05, 0.1) is 5.69 Å². The second-order valence-electron chi connectivity index (χ2n) is 4.74. The Balaban J connectivity index is 1.78. The van der Waals surface area contributed by atoms with Crippen LogP contribution in [0.3, 0.4) is 0 Å². The van der Waals surface area contributed by atoms with Gasteiger partial charge in [-0.15, -0.1) is 11.3 Å². The molecule has 18 heavy (non-hydrogen) atoms. The molecule has 0 fully saturated rings. The Labute approximate surface area is 112 Å². The van der Waals surface area contributed by atoms with Crippen molar-refractivity contribution in [2.24, 2.45) is 5.73 Å². The molecule has 0 unspecified atom stereocenters. The number of hydrogen-bond acceptors (Lipinski definition) is 4. The van der Waals surface area contributed by atoms with E-state index in [0.717, 1.165) is 37.2 Å². The summed E-state index contributed by atoms with van der Waals surface area (Å²) in [4.78, 5) is 17.6. The number of nitrogens with zero attached hydrogens (tertiary/aromatic N) is 1. The highest BCUT2D eigenvalue weighted by atomic mass is 32.1. The van der Waals surface area contributed by atoms with E-state index < -0.39 is 0 Å². The van der Waals surface area contributed by atoms with Gasteiger partial charge < -0.3 is 11.1 Å². The van der Waals surface area contributed by atoms with Gasteiger partial charge in [0, 0.05) is 11.3 Å². The maximum Gasteiger partial charge on any atom is 0.226 e. The topological polar surface area (TPSA) is 68.0 Å². The van der Waals surface area contributed by atoms with Gasteiger partial charge in [-0.25, -0.2) is 4.98 Å². The monoisotopic (exact) mass is 267 g/mol. The number of nitrogens with one attached hydrogen (secondary N) is 1. The summed E-state index contributed by atoms with van der Waals surface area (Å²) in [5.41, 5.74) is 6.61. The summed E-state index contributed by atoms with van der Waals surface area (Å²) in [7, 11) is 0. The van der Waals surface area contributed by atoms with Crippen LogP contribution in [0.2, 0.25) is 0 Å². The minimum absolute atomic E-state index is 0.0816. The van der Waals surface area contributed by atoms with Crippen LogP contribution in [0.4, 0.5) is 5.13 Å². The number of thiazole rings is 1. The lowest BCUT2D eigenvalue weighted by molar-refractivity contribution is -0.116. The lowest BCUT2D eigenvalue weighted by Gasteiger charge is -2.06. The average molecular weight is 267 g/mol. The van der Waals surface area contributed by atoms with Gasteiger partial charge >= 0.3 is 0 Å². The molecule has 0 aliphatic heterocycles. The fourth-order valence-electron chi connectivity index (χ4n) is 2.19. The summed E-state index contributed by atoms with van der Waals surface area (Å²) in [6.45, 7) is 0.709. The molecule has 3 N–H and O–H groups in total. The number of anilines is 1. The van der Waals surface area contributed by atoms with Gasteiger partial charge in [-0.05, 0) is 45.1 Å². The lowest BCUT2D eigenvalue weighted by atomic mass is 10.0. The molecule has 1 aromatic heterocycles. The first-order valence-electron chi connectivity index (χ1n) is 6.78. The molecule has 1 aliphatic carbocycles. The van der Waals surface area contributed by atoms with Gasteiger partial charge in [0.2, 0.25) is 5.91 Å². The molecule has 1 heterocycles. The van der Waals surface area contributed by atoms with Crippen molar-refractivity contribution in [3.8, 4) is 0 Å². The van der Waals surface area contributed by atoms with Crippen LogP contribution >= 0.6 is 11.3 Å². The molecule has 0 bridgehead atoms. The zero-order valence-electron chi connectivity index (χ0n) is 10.7. The highest BCUT2D eigenvalue weighted by Gasteiger charge is 2.15. The van der Waals surface area contributed by atoms with Crippen molar-refractivity contribution in [1.82, 2.24) is 4.98 Å². The van der Waals surface area contributed by atoms with Crippen molar-refractivity contribution in [1.29, 1.82) is 0 Å². The first-order valence-corrected chi connectivity index (χ1v) is 7.59. The van der Waals surface area contributed by atoms with Crippen molar-refractivity contribution < 1.29 is 4.79 Å². The standard InChI is InChI=1S/C13H21N3OS/c14-9-5-1-2-8-12(17)16-13-15-10-6-3-4-7-11(10)18-13/h1-9,14H2,(H,15,16,17). The van der Waals surface area contributed by atoms with Crippen LogP contribution in [-0.2, 0) is 17.6 Å². The Hall–Kier alpha value is -0.940. The summed E-state index contributed by atoms with van der Waals surface area (Å²) in [6, 6.07) is 0. The predicted octanol–water partition coefficient (Wildman–Crippen LogP) is 2.48.